The second-order valence-corrected chi connectivity index (χ2v) is 7.23. The fourth-order valence-electron chi connectivity index (χ4n) is 3.47. The van der Waals surface area contributed by atoms with Gasteiger partial charge < -0.3 is 5.21 Å². The Morgan fingerprint density at radius 3 is 2.59 bits per heavy atom. The highest BCUT2D eigenvalue weighted by Crippen LogP contribution is 2.20. The summed E-state index contributed by atoms with van der Waals surface area (Å²) in [5.41, 5.74) is 4.16. The van der Waals surface area contributed by atoms with Crippen LogP contribution in [0, 0.1) is 18.0 Å². The lowest BCUT2D eigenvalue weighted by molar-refractivity contribution is -0.502. The zero-order chi connectivity index (χ0) is 15.9. The summed E-state index contributed by atoms with van der Waals surface area (Å²) < 4.78 is 1.24. The first kappa shape index (κ1) is 17.1. The molecule has 22 heavy (non-hydrogen) atoms. The molecule has 0 spiro atoms. The molecule has 0 bridgehead atoms. The molecule has 0 N–H and O–H groups in total. The Balaban J connectivity index is 1.88. The molecule has 1 saturated carbocycles. The zero-order valence-electron chi connectivity index (χ0n) is 14.5. The topological polar surface area (TPSA) is 26.1 Å². The van der Waals surface area contributed by atoms with Crippen LogP contribution in [0.3, 0.4) is 0 Å². The highest BCUT2D eigenvalue weighted by molar-refractivity contribution is 5.52. The van der Waals surface area contributed by atoms with Crippen LogP contribution in [0.2, 0.25) is 0 Å². The van der Waals surface area contributed by atoms with Crippen LogP contribution in [0.15, 0.2) is 18.2 Å². The van der Waals surface area contributed by atoms with Crippen LogP contribution < -0.4 is 0 Å². The smallest absolute Gasteiger partial charge is 0.162 e. The molecule has 2 rings (SSSR count). The molecule has 1 fully saturated rings. The molecule has 0 unspecified atom stereocenters. The van der Waals surface area contributed by atoms with Crippen molar-refractivity contribution in [1.29, 1.82) is 0 Å². The van der Waals surface area contributed by atoms with Gasteiger partial charge in [0.05, 0.1) is 0 Å². The molecule has 122 valence electrons. The van der Waals surface area contributed by atoms with E-state index in [9.17, 15) is 5.21 Å². The summed E-state index contributed by atoms with van der Waals surface area (Å²) >= 11 is 0. The lowest BCUT2D eigenvalue weighted by Gasteiger charge is -2.20. The molecule has 0 radical (unpaired) electrons. The molecule has 1 aromatic rings. The SMILES string of the molecule is Cc1cc(CC(C)C)ccc1CCC=[N+]([O-])C1CCCCC1. The molecule has 0 aromatic heterocycles. The number of benzene rings is 1. The molecule has 0 amide bonds. The summed E-state index contributed by atoms with van der Waals surface area (Å²) in [7, 11) is 0. The van der Waals surface area contributed by atoms with E-state index in [1.165, 1.54) is 40.7 Å². The summed E-state index contributed by atoms with van der Waals surface area (Å²) in [4.78, 5) is 0. The first-order chi connectivity index (χ1) is 10.6. The van der Waals surface area contributed by atoms with Crippen molar-refractivity contribution in [2.75, 3.05) is 0 Å². The van der Waals surface area contributed by atoms with E-state index in [-0.39, 0.29) is 6.04 Å². The molecule has 2 nitrogen and oxygen atoms in total. The number of rotatable bonds is 6. The number of aryl methyl sites for hydroxylation is 2. The van der Waals surface area contributed by atoms with Crippen LogP contribution in [-0.2, 0) is 12.8 Å². The van der Waals surface area contributed by atoms with E-state index in [2.05, 4.69) is 39.0 Å². The van der Waals surface area contributed by atoms with Crippen LogP contribution in [0.4, 0.5) is 0 Å². The molecule has 0 atom stereocenters. The Hall–Kier alpha value is -1.31. The van der Waals surface area contributed by atoms with Crippen molar-refractivity contribution in [3.63, 3.8) is 0 Å². The normalized spacial score (nSPS) is 17.2. The van der Waals surface area contributed by atoms with Crippen molar-refractivity contribution in [2.45, 2.75) is 78.2 Å². The quantitative estimate of drug-likeness (QED) is 0.313. The second-order valence-electron chi connectivity index (χ2n) is 7.23. The molecule has 1 aliphatic rings. The lowest BCUT2D eigenvalue weighted by Crippen LogP contribution is -2.25. The van der Waals surface area contributed by atoms with E-state index in [0.717, 1.165) is 32.1 Å². The van der Waals surface area contributed by atoms with Gasteiger partial charge in [-0.05, 0) is 55.2 Å². The van der Waals surface area contributed by atoms with Crippen molar-refractivity contribution in [2.24, 2.45) is 5.92 Å². The molecule has 0 heterocycles. The molecule has 0 saturated heterocycles. The number of hydrogen-bond acceptors (Lipinski definition) is 1. The van der Waals surface area contributed by atoms with Gasteiger partial charge in [0.25, 0.3) is 0 Å². The standard InChI is InChI=1S/C20H31NO/c1-16(2)14-18-11-12-19(17(3)15-18)8-7-13-21(22)20-9-5-4-6-10-20/h11-13,15-16,20H,4-10,14H2,1-3H3. The van der Waals surface area contributed by atoms with Gasteiger partial charge in [-0.15, -0.1) is 0 Å². The summed E-state index contributed by atoms with van der Waals surface area (Å²) in [5.74, 6) is 0.697. The third-order valence-corrected chi connectivity index (χ3v) is 4.71. The predicted octanol–water partition coefficient (Wildman–Crippen LogP) is 5.04. The molecular weight excluding hydrogens is 270 g/mol. The van der Waals surface area contributed by atoms with Gasteiger partial charge >= 0.3 is 0 Å². The third kappa shape index (κ3) is 5.15. The Labute approximate surface area is 135 Å². The fraction of sp³-hybridized carbons (Fsp3) is 0.650. The van der Waals surface area contributed by atoms with Gasteiger partial charge in [0.15, 0.2) is 12.3 Å². The maximum atomic E-state index is 12.1. The van der Waals surface area contributed by atoms with Gasteiger partial charge in [0.2, 0.25) is 0 Å². The first-order valence-corrected chi connectivity index (χ1v) is 8.93. The fourth-order valence-corrected chi connectivity index (χ4v) is 3.47. The average Bonchev–Trinajstić information content (AvgIpc) is 2.49. The van der Waals surface area contributed by atoms with Crippen molar-refractivity contribution in [1.82, 2.24) is 0 Å². The van der Waals surface area contributed by atoms with Crippen LogP contribution in [0.25, 0.3) is 0 Å². The number of hydrogen-bond donors (Lipinski definition) is 0. The number of nitrogens with zero attached hydrogens (tertiary/aromatic N) is 1. The van der Waals surface area contributed by atoms with Gasteiger partial charge in [-0.2, -0.15) is 0 Å². The lowest BCUT2D eigenvalue weighted by atomic mass is 9.95. The van der Waals surface area contributed by atoms with Crippen LogP contribution in [-0.4, -0.2) is 17.0 Å². The van der Waals surface area contributed by atoms with E-state index >= 15 is 0 Å². The zero-order valence-corrected chi connectivity index (χ0v) is 14.5. The number of hydroxylamine groups is 1. The van der Waals surface area contributed by atoms with Crippen molar-refractivity contribution < 1.29 is 4.74 Å². The van der Waals surface area contributed by atoms with Crippen molar-refractivity contribution in [3.8, 4) is 0 Å². The van der Waals surface area contributed by atoms with Crippen molar-refractivity contribution in [3.05, 3.63) is 40.1 Å². The maximum Gasteiger partial charge on any atom is 0.162 e. The van der Waals surface area contributed by atoms with Crippen LogP contribution in [0.5, 0.6) is 0 Å². The summed E-state index contributed by atoms with van der Waals surface area (Å²) in [6, 6.07) is 7.05. The predicted molar refractivity (Wildman–Crippen MR) is 94.6 cm³/mol. The molecular formula is C20H31NO. The second kappa shape index (κ2) is 8.36. The molecule has 0 aliphatic heterocycles. The summed E-state index contributed by atoms with van der Waals surface area (Å²) in [5, 5.41) is 12.1. The highest BCUT2D eigenvalue weighted by atomic mass is 16.5. The van der Waals surface area contributed by atoms with E-state index in [4.69, 9.17) is 0 Å². The Kier molecular flexibility index (Phi) is 6.48. The average molecular weight is 301 g/mol. The first-order valence-electron chi connectivity index (χ1n) is 8.93. The Morgan fingerprint density at radius 2 is 1.95 bits per heavy atom. The Bertz CT molecular complexity index is 498. The van der Waals surface area contributed by atoms with Gasteiger partial charge in [-0.1, -0.05) is 38.5 Å². The van der Waals surface area contributed by atoms with E-state index in [0.29, 0.717) is 5.92 Å². The summed E-state index contributed by atoms with van der Waals surface area (Å²) in [6.07, 6.45) is 10.7. The minimum absolute atomic E-state index is 0.239. The van der Waals surface area contributed by atoms with Crippen molar-refractivity contribution >= 4 is 6.21 Å². The highest BCUT2D eigenvalue weighted by Gasteiger charge is 2.19. The van der Waals surface area contributed by atoms with Gasteiger partial charge in [-0.3, -0.25) is 0 Å². The maximum absolute atomic E-state index is 12.1. The molecule has 2 heteroatoms. The minimum Gasteiger partial charge on any atom is -0.624 e. The van der Waals surface area contributed by atoms with Gasteiger partial charge in [0.1, 0.15) is 0 Å². The van der Waals surface area contributed by atoms with Gasteiger partial charge in [0, 0.05) is 19.3 Å². The molecule has 1 aliphatic carbocycles. The van der Waals surface area contributed by atoms with Gasteiger partial charge in [-0.25, -0.2) is 4.74 Å². The summed E-state index contributed by atoms with van der Waals surface area (Å²) in [6.45, 7) is 6.70. The molecule has 1 aromatic carbocycles. The third-order valence-electron chi connectivity index (χ3n) is 4.71. The Morgan fingerprint density at radius 1 is 1.23 bits per heavy atom. The van der Waals surface area contributed by atoms with E-state index in [1.54, 1.807) is 0 Å². The monoisotopic (exact) mass is 301 g/mol. The van der Waals surface area contributed by atoms with Crippen LogP contribution in [0.1, 0.15) is 69.1 Å². The largest absolute Gasteiger partial charge is 0.624 e. The minimum atomic E-state index is 0.239. The van der Waals surface area contributed by atoms with Crippen LogP contribution >= 0.6 is 0 Å². The van der Waals surface area contributed by atoms with E-state index in [1.807, 2.05) is 6.21 Å². The van der Waals surface area contributed by atoms with E-state index < -0.39 is 0 Å².